The summed E-state index contributed by atoms with van der Waals surface area (Å²) in [5.41, 5.74) is 0. The van der Waals surface area contributed by atoms with E-state index in [-0.39, 0.29) is 0 Å². The van der Waals surface area contributed by atoms with Gasteiger partial charge in [-0.25, -0.2) is 0 Å². The van der Waals surface area contributed by atoms with Crippen molar-refractivity contribution in [2.75, 3.05) is 0 Å². The van der Waals surface area contributed by atoms with E-state index >= 15 is 0 Å². The maximum Gasteiger partial charge on any atom is -0.0347 e. The molecule has 0 aliphatic rings. The monoisotopic (exact) mass is 165 g/mol. The number of rotatable bonds is 7. The molecule has 0 aliphatic carbocycles. The smallest absolute Gasteiger partial charge is 0.0347 e. The molecule has 0 bridgehead atoms. The summed E-state index contributed by atoms with van der Waals surface area (Å²) in [7, 11) is 0. The van der Waals surface area contributed by atoms with Crippen LogP contribution in [0.1, 0.15) is 45.4 Å². The standard InChI is InChI=1S/C12H21/c1-3-5-7-9-11-12-10-8-6-4-2/h5,7,9,11H,1,3-4,6,8,10,12H2,2H3/b7-5-,11-9+. The number of allylic oxidation sites excluding steroid dienone is 4. The first-order chi connectivity index (χ1) is 5.91. The summed E-state index contributed by atoms with van der Waals surface area (Å²) in [6, 6.07) is 0. The van der Waals surface area contributed by atoms with Gasteiger partial charge in [0.15, 0.2) is 0 Å². The quantitative estimate of drug-likeness (QED) is 0.390. The fourth-order valence-electron chi connectivity index (χ4n) is 1.04. The van der Waals surface area contributed by atoms with Crippen LogP contribution in [0.4, 0.5) is 0 Å². The summed E-state index contributed by atoms with van der Waals surface area (Å²) in [4.78, 5) is 0. The highest BCUT2D eigenvalue weighted by Gasteiger charge is 1.82. The Morgan fingerprint density at radius 3 is 2.42 bits per heavy atom. The van der Waals surface area contributed by atoms with Gasteiger partial charge < -0.3 is 0 Å². The maximum absolute atomic E-state index is 3.72. The minimum absolute atomic E-state index is 0.889. The zero-order valence-corrected chi connectivity index (χ0v) is 8.26. The Kier molecular flexibility index (Phi) is 10.0. The Morgan fingerprint density at radius 1 is 1.00 bits per heavy atom. The molecule has 0 aromatic carbocycles. The third-order valence-corrected chi connectivity index (χ3v) is 1.77. The van der Waals surface area contributed by atoms with Crippen LogP contribution >= 0.6 is 0 Å². The van der Waals surface area contributed by atoms with Gasteiger partial charge in [0.2, 0.25) is 0 Å². The summed E-state index contributed by atoms with van der Waals surface area (Å²) < 4.78 is 0. The van der Waals surface area contributed by atoms with E-state index in [1.165, 1.54) is 32.1 Å². The van der Waals surface area contributed by atoms with Gasteiger partial charge in [-0.15, -0.1) is 0 Å². The van der Waals surface area contributed by atoms with Gasteiger partial charge in [0, 0.05) is 0 Å². The Hall–Kier alpha value is -0.520. The zero-order chi connectivity index (χ0) is 9.07. The minimum Gasteiger partial charge on any atom is -0.0845 e. The van der Waals surface area contributed by atoms with E-state index in [4.69, 9.17) is 0 Å². The summed E-state index contributed by atoms with van der Waals surface area (Å²) in [6.45, 7) is 5.97. The average Bonchev–Trinajstić information content (AvgIpc) is 2.10. The van der Waals surface area contributed by atoms with Crippen molar-refractivity contribution in [2.45, 2.75) is 45.4 Å². The topological polar surface area (TPSA) is 0 Å². The molecule has 0 rings (SSSR count). The molecule has 0 saturated heterocycles. The van der Waals surface area contributed by atoms with Crippen LogP contribution in [0.25, 0.3) is 0 Å². The molecule has 0 unspecified atom stereocenters. The van der Waals surface area contributed by atoms with E-state index in [1.807, 2.05) is 0 Å². The maximum atomic E-state index is 3.72. The molecule has 0 heterocycles. The van der Waals surface area contributed by atoms with E-state index in [0.29, 0.717) is 0 Å². The molecule has 1 radical (unpaired) electrons. The number of hydrogen-bond donors (Lipinski definition) is 0. The molecule has 0 heteroatoms. The van der Waals surface area contributed by atoms with Crippen molar-refractivity contribution in [3.8, 4) is 0 Å². The predicted octanol–water partition coefficient (Wildman–Crippen LogP) is 4.29. The van der Waals surface area contributed by atoms with E-state index < -0.39 is 0 Å². The second kappa shape index (κ2) is 10.5. The van der Waals surface area contributed by atoms with Crippen LogP contribution in [0.3, 0.4) is 0 Å². The first kappa shape index (κ1) is 11.5. The van der Waals surface area contributed by atoms with Crippen molar-refractivity contribution < 1.29 is 0 Å². The lowest BCUT2D eigenvalue weighted by Crippen LogP contribution is -1.72. The Labute approximate surface area is 77.4 Å². The van der Waals surface area contributed by atoms with Gasteiger partial charge >= 0.3 is 0 Å². The highest BCUT2D eigenvalue weighted by atomic mass is 13.9. The SMILES string of the molecule is [CH2]C/C=C\C=C\CCCCCC. The first-order valence-electron chi connectivity index (χ1n) is 5.02. The van der Waals surface area contributed by atoms with Crippen molar-refractivity contribution in [2.24, 2.45) is 0 Å². The van der Waals surface area contributed by atoms with Gasteiger partial charge in [-0.05, 0) is 26.2 Å². The summed E-state index contributed by atoms with van der Waals surface area (Å²) in [5, 5.41) is 0. The fraction of sp³-hybridized carbons (Fsp3) is 0.583. The molecule has 69 valence electrons. The third-order valence-electron chi connectivity index (χ3n) is 1.77. The van der Waals surface area contributed by atoms with Crippen molar-refractivity contribution in [1.82, 2.24) is 0 Å². The molecule has 0 aromatic rings. The predicted molar refractivity (Wildman–Crippen MR) is 57.0 cm³/mol. The van der Waals surface area contributed by atoms with E-state index in [1.54, 1.807) is 0 Å². The molecule has 12 heavy (non-hydrogen) atoms. The normalized spacial score (nSPS) is 11.8. The van der Waals surface area contributed by atoms with Gasteiger partial charge in [-0.3, -0.25) is 0 Å². The summed E-state index contributed by atoms with van der Waals surface area (Å²) in [5.74, 6) is 0. The van der Waals surface area contributed by atoms with Gasteiger partial charge in [0.05, 0.1) is 0 Å². The van der Waals surface area contributed by atoms with Crippen molar-refractivity contribution in [3.05, 3.63) is 31.2 Å². The molecule has 0 nitrogen and oxygen atoms in total. The molecular formula is C12H21. The average molecular weight is 165 g/mol. The van der Waals surface area contributed by atoms with Crippen LogP contribution in [0.5, 0.6) is 0 Å². The van der Waals surface area contributed by atoms with Gasteiger partial charge in [-0.2, -0.15) is 0 Å². The van der Waals surface area contributed by atoms with Crippen LogP contribution in [0.15, 0.2) is 24.3 Å². The van der Waals surface area contributed by atoms with Gasteiger partial charge in [0.25, 0.3) is 0 Å². The van der Waals surface area contributed by atoms with Crippen LogP contribution < -0.4 is 0 Å². The van der Waals surface area contributed by atoms with Crippen LogP contribution in [0, 0.1) is 6.92 Å². The lowest BCUT2D eigenvalue weighted by Gasteiger charge is -1.92. The van der Waals surface area contributed by atoms with Crippen LogP contribution in [-0.4, -0.2) is 0 Å². The molecule has 0 aliphatic heterocycles. The molecule has 0 spiro atoms. The van der Waals surface area contributed by atoms with Crippen LogP contribution in [0.2, 0.25) is 0 Å². The van der Waals surface area contributed by atoms with E-state index in [0.717, 1.165) is 6.42 Å². The molecule has 0 N–H and O–H groups in total. The van der Waals surface area contributed by atoms with Crippen molar-refractivity contribution >= 4 is 0 Å². The van der Waals surface area contributed by atoms with E-state index in [9.17, 15) is 0 Å². The molecule has 0 atom stereocenters. The first-order valence-corrected chi connectivity index (χ1v) is 5.02. The fourth-order valence-corrected chi connectivity index (χ4v) is 1.04. The van der Waals surface area contributed by atoms with Gasteiger partial charge in [0.1, 0.15) is 0 Å². The van der Waals surface area contributed by atoms with Crippen molar-refractivity contribution in [1.29, 1.82) is 0 Å². The number of unbranched alkanes of at least 4 members (excludes halogenated alkanes) is 4. The Bertz CT molecular complexity index is 120. The van der Waals surface area contributed by atoms with Crippen LogP contribution in [-0.2, 0) is 0 Å². The zero-order valence-electron chi connectivity index (χ0n) is 8.26. The highest BCUT2D eigenvalue weighted by Crippen LogP contribution is 2.02. The number of hydrogen-bond acceptors (Lipinski definition) is 0. The molecular weight excluding hydrogens is 144 g/mol. The third kappa shape index (κ3) is 9.48. The minimum atomic E-state index is 0.889. The lowest BCUT2D eigenvalue weighted by molar-refractivity contribution is 0.674. The summed E-state index contributed by atoms with van der Waals surface area (Å²) >= 11 is 0. The Morgan fingerprint density at radius 2 is 1.75 bits per heavy atom. The summed E-state index contributed by atoms with van der Waals surface area (Å²) in [6.07, 6.45) is 16.0. The largest absolute Gasteiger partial charge is 0.0845 e. The molecule has 0 saturated carbocycles. The molecule has 0 fully saturated rings. The lowest BCUT2D eigenvalue weighted by atomic mass is 10.1. The highest BCUT2D eigenvalue weighted by molar-refractivity contribution is 5.02. The van der Waals surface area contributed by atoms with Gasteiger partial charge in [-0.1, -0.05) is 50.5 Å². The van der Waals surface area contributed by atoms with Crippen molar-refractivity contribution in [3.63, 3.8) is 0 Å². The second-order valence-electron chi connectivity index (χ2n) is 2.99. The second-order valence-corrected chi connectivity index (χ2v) is 2.99. The van der Waals surface area contributed by atoms with E-state index in [2.05, 4.69) is 38.2 Å². The molecule has 0 amide bonds. The Balaban J connectivity index is 3.07. The molecule has 0 aromatic heterocycles.